The van der Waals surface area contributed by atoms with Crippen LogP contribution in [-0.2, 0) is 17.8 Å². The Morgan fingerprint density at radius 1 is 1.15 bits per heavy atom. The van der Waals surface area contributed by atoms with Crippen molar-refractivity contribution in [1.82, 2.24) is 19.8 Å². The van der Waals surface area contributed by atoms with Crippen LogP contribution in [0, 0.1) is 6.92 Å². The Balaban J connectivity index is 1.81. The van der Waals surface area contributed by atoms with Crippen LogP contribution in [0.25, 0.3) is 11.3 Å². The SMILES string of the molecule is CC(=O)Nc1cc(-c2[nH]c3c(c2Cc2ccc(C)cc2)C(=O)CN(C(=O)N(C)C)C3)ccn1. The molecule has 0 saturated heterocycles. The van der Waals surface area contributed by atoms with E-state index in [9.17, 15) is 14.4 Å². The van der Waals surface area contributed by atoms with E-state index in [0.29, 0.717) is 24.3 Å². The number of urea groups is 1. The van der Waals surface area contributed by atoms with Crippen molar-refractivity contribution in [2.75, 3.05) is 26.0 Å². The average molecular weight is 446 g/mol. The second kappa shape index (κ2) is 8.90. The third-order valence-corrected chi connectivity index (χ3v) is 5.65. The van der Waals surface area contributed by atoms with E-state index >= 15 is 0 Å². The summed E-state index contributed by atoms with van der Waals surface area (Å²) in [5, 5.41) is 2.71. The number of carbonyl (C=O) groups is 3. The fraction of sp³-hybridized carbons (Fsp3) is 0.280. The van der Waals surface area contributed by atoms with Gasteiger partial charge in [0.2, 0.25) is 5.91 Å². The van der Waals surface area contributed by atoms with Crippen LogP contribution in [0.15, 0.2) is 42.6 Å². The maximum Gasteiger partial charge on any atom is 0.320 e. The zero-order valence-corrected chi connectivity index (χ0v) is 19.2. The number of pyridine rings is 1. The van der Waals surface area contributed by atoms with Gasteiger partial charge in [0.05, 0.1) is 18.8 Å². The van der Waals surface area contributed by atoms with Crippen LogP contribution in [0.4, 0.5) is 10.6 Å². The number of hydrogen-bond donors (Lipinski definition) is 2. The summed E-state index contributed by atoms with van der Waals surface area (Å²) in [5.74, 6) is 0.134. The molecule has 0 unspecified atom stereocenters. The van der Waals surface area contributed by atoms with Gasteiger partial charge in [-0.3, -0.25) is 9.59 Å². The number of nitrogens with zero attached hydrogens (tertiary/aromatic N) is 3. The van der Waals surface area contributed by atoms with Gasteiger partial charge >= 0.3 is 6.03 Å². The van der Waals surface area contributed by atoms with Crippen LogP contribution < -0.4 is 5.32 Å². The van der Waals surface area contributed by atoms with Gasteiger partial charge in [-0.2, -0.15) is 0 Å². The first-order chi connectivity index (χ1) is 15.7. The number of Topliss-reactive ketones (excluding diaryl/α,β-unsaturated/α-hetero) is 1. The molecule has 4 rings (SSSR count). The Kier molecular flexibility index (Phi) is 6.00. The number of amides is 3. The number of anilines is 1. The van der Waals surface area contributed by atoms with E-state index in [2.05, 4.69) is 39.6 Å². The lowest BCUT2D eigenvalue weighted by Crippen LogP contribution is -2.44. The molecule has 3 amide bonds. The summed E-state index contributed by atoms with van der Waals surface area (Å²) in [4.78, 5) is 47.9. The second-order valence-corrected chi connectivity index (χ2v) is 8.56. The second-order valence-electron chi connectivity index (χ2n) is 8.56. The van der Waals surface area contributed by atoms with Crippen LogP contribution >= 0.6 is 0 Å². The molecule has 33 heavy (non-hydrogen) atoms. The monoisotopic (exact) mass is 445 g/mol. The molecular weight excluding hydrogens is 418 g/mol. The van der Waals surface area contributed by atoms with Crippen molar-refractivity contribution in [2.24, 2.45) is 0 Å². The van der Waals surface area contributed by atoms with E-state index in [4.69, 9.17) is 0 Å². The van der Waals surface area contributed by atoms with Crippen molar-refractivity contribution >= 4 is 23.5 Å². The van der Waals surface area contributed by atoms with Crippen molar-refractivity contribution in [3.05, 3.63) is 70.5 Å². The Morgan fingerprint density at radius 3 is 2.55 bits per heavy atom. The van der Waals surface area contributed by atoms with Crippen molar-refractivity contribution in [2.45, 2.75) is 26.8 Å². The lowest BCUT2D eigenvalue weighted by molar-refractivity contribution is -0.114. The summed E-state index contributed by atoms with van der Waals surface area (Å²) in [5.41, 5.74) is 6.10. The standard InChI is InChI=1S/C25H27N5O3/c1-15-5-7-17(8-6-15)11-19-23-20(13-30(14-21(23)32)25(33)29(3)4)28-24(19)18-9-10-26-22(12-18)27-16(2)31/h5-10,12,28H,11,13-14H2,1-4H3,(H,26,27,31). The van der Waals surface area contributed by atoms with Crippen LogP contribution in [0.2, 0.25) is 0 Å². The summed E-state index contributed by atoms with van der Waals surface area (Å²) in [6.45, 7) is 3.83. The van der Waals surface area contributed by atoms with Crippen LogP contribution in [-0.4, -0.2) is 58.1 Å². The maximum absolute atomic E-state index is 13.2. The number of aromatic nitrogens is 2. The van der Waals surface area contributed by atoms with Gasteiger partial charge in [-0.05, 0) is 30.2 Å². The highest BCUT2D eigenvalue weighted by atomic mass is 16.2. The largest absolute Gasteiger partial charge is 0.356 e. The molecule has 8 heteroatoms. The van der Waals surface area contributed by atoms with Gasteiger partial charge < -0.3 is 20.1 Å². The van der Waals surface area contributed by atoms with Crippen molar-refractivity contribution < 1.29 is 14.4 Å². The summed E-state index contributed by atoms with van der Waals surface area (Å²) in [6.07, 6.45) is 2.19. The average Bonchev–Trinajstić information content (AvgIpc) is 3.13. The first-order valence-electron chi connectivity index (χ1n) is 10.8. The molecular formula is C25H27N5O3. The summed E-state index contributed by atoms with van der Waals surface area (Å²) in [6, 6.07) is 11.6. The number of benzene rings is 1. The minimum Gasteiger partial charge on any atom is -0.356 e. The first-order valence-corrected chi connectivity index (χ1v) is 10.8. The Bertz CT molecular complexity index is 1230. The number of aromatic amines is 1. The van der Waals surface area contributed by atoms with Gasteiger partial charge in [0, 0.05) is 50.5 Å². The lowest BCUT2D eigenvalue weighted by atomic mass is 9.93. The number of aryl methyl sites for hydroxylation is 1. The fourth-order valence-electron chi connectivity index (χ4n) is 4.14. The molecule has 0 spiro atoms. The van der Waals surface area contributed by atoms with E-state index in [1.807, 2.05) is 13.0 Å². The minimum atomic E-state index is -0.210. The van der Waals surface area contributed by atoms with E-state index in [1.165, 1.54) is 16.7 Å². The van der Waals surface area contributed by atoms with Crippen molar-refractivity contribution in [3.8, 4) is 11.3 Å². The molecule has 2 N–H and O–H groups in total. The number of nitrogens with one attached hydrogen (secondary N) is 2. The molecule has 0 saturated carbocycles. The topological polar surface area (TPSA) is 98.4 Å². The molecule has 0 bridgehead atoms. The molecule has 1 aliphatic rings. The Labute approximate surface area is 192 Å². The van der Waals surface area contributed by atoms with E-state index in [0.717, 1.165) is 33.6 Å². The van der Waals surface area contributed by atoms with Gasteiger partial charge in [0.1, 0.15) is 5.82 Å². The zero-order chi connectivity index (χ0) is 23.7. The molecule has 0 aliphatic carbocycles. The molecule has 0 radical (unpaired) electrons. The molecule has 1 aromatic carbocycles. The third kappa shape index (κ3) is 4.64. The van der Waals surface area contributed by atoms with Crippen LogP contribution in [0.1, 0.15) is 39.7 Å². The van der Waals surface area contributed by atoms with Crippen molar-refractivity contribution in [3.63, 3.8) is 0 Å². The number of fused-ring (bicyclic) bond motifs is 1. The van der Waals surface area contributed by atoms with E-state index in [1.54, 1.807) is 26.4 Å². The molecule has 0 atom stereocenters. The third-order valence-electron chi connectivity index (χ3n) is 5.65. The first kappa shape index (κ1) is 22.3. The highest BCUT2D eigenvalue weighted by Crippen LogP contribution is 2.34. The highest BCUT2D eigenvalue weighted by molar-refractivity contribution is 6.04. The van der Waals surface area contributed by atoms with Crippen LogP contribution in [0.3, 0.4) is 0 Å². The number of H-pyrrole nitrogens is 1. The number of rotatable bonds is 4. The number of hydrogen-bond acceptors (Lipinski definition) is 4. The molecule has 0 fully saturated rings. The molecule has 170 valence electrons. The Morgan fingerprint density at radius 2 is 1.88 bits per heavy atom. The van der Waals surface area contributed by atoms with Gasteiger partial charge in [-0.1, -0.05) is 29.8 Å². The number of carbonyl (C=O) groups excluding carboxylic acids is 3. The minimum absolute atomic E-state index is 0.0374. The van der Waals surface area contributed by atoms with Gasteiger partial charge in [-0.25, -0.2) is 9.78 Å². The molecule has 3 heterocycles. The predicted octanol–water partition coefficient (Wildman–Crippen LogP) is 3.61. The maximum atomic E-state index is 13.2. The molecule has 8 nitrogen and oxygen atoms in total. The van der Waals surface area contributed by atoms with Crippen LogP contribution in [0.5, 0.6) is 0 Å². The van der Waals surface area contributed by atoms with E-state index < -0.39 is 0 Å². The number of ketones is 1. The Hall–Kier alpha value is -3.94. The summed E-state index contributed by atoms with van der Waals surface area (Å²) >= 11 is 0. The predicted molar refractivity (Wildman–Crippen MR) is 126 cm³/mol. The fourth-order valence-corrected chi connectivity index (χ4v) is 4.14. The van der Waals surface area contributed by atoms with Crippen molar-refractivity contribution in [1.29, 1.82) is 0 Å². The summed E-state index contributed by atoms with van der Waals surface area (Å²) in [7, 11) is 3.34. The molecule has 2 aromatic heterocycles. The zero-order valence-electron chi connectivity index (χ0n) is 19.2. The smallest absolute Gasteiger partial charge is 0.320 e. The van der Waals surface area contributed by atoms with Gasteiger partial charge in [0.25, 0.3) is 0 Å². The highest BCUT2D eigenvalue weighted by Gasteiger charge is 2.33. The van der Waals surface area contributed by atoms with Gasteiger partial charge in [0.15, 0.2) is 5.78 Å². The van der Waals surface area contributed by atoms with E-state index in [-0.39, 0.29) is 24.3 Å². The lowest BCUT2D eigenvalue weighted by Gasteiger charge is -2.29. The molecule has 1 aliphatic heterocycles. The normalized spacial score (nSPS) is 13.0. The molecule has 3 aromatic rings. The quantitative estimate of drug-likeness (QED) is 0.641. The van der Waals surface area contributed by atoms with Gasteiger partial charge in [-0.15, -0.1) is 0 Å². The summed E-state index contributed by atoms with van der Waals surface area (Å²) < 4.78 is 0.